The highest BCUT2D eigenvalue weighted by atomic mass is 16.2. The van der Waals surface area contributed by atoms with Crippen molar-refractivity contribution in [3.05, 3.63) is 17.5 Å². The van der Waals surface area contributed by atoms with Crippen LogP contribution < -0.4 is 0 Å². The van der Waals surface area contributed by atoms with Crippen LogP contribution in [0.25, 0.3) is 0 Å². The molecule has 1 amide bonds. The van der Waals surface area contributed by atoms with Gasteiger partial charge in [0.15, 0.2) is 0 Å². The number of amides is 1. The zero-order valence-electron chi connectivity index (χ0n) is 14.1. The van der Waals surface area contributed by atoms with Crippen molar-refractivity contribution in [2.75, 3.05) is 26.2 Å². The van der Waals surface area contributed by atoms with Crippen LogP contribution in [0.4, 0.5) is 0 Å². The Hall–Kier alpha value is -1.36. The van der Waals surface area contributed by atoms with Crippen molar-refractivity contribution in [2.24, 2.45) is 13.0 Å². The number of carbonyl (C=O) groups is 1. The van der Waals surface area contributed by atoms with Crippen LogP contribution in [0.1, 0.15) is 37.4 Å². The molecule has 1 saturated heterocycles. The van der Waals surface area contributed by atoms with Crippen molar-refractivity contribution in [3.63, 3.8) is 0 Å². The SMILES string of the molecule is Cc1c(CCC(=O)N2CCN(C3CC3)CC(C)C2)cnn1C. The number of aryl methyl sites for hydroxylation is 2. The second-order valence-corrected chi connectivity index (χ2v) is 7.05. The Kier molecular flexibility index (Phi) is 4.52. The van der Waals surface area contributed by atoms with Crippen LogP contribution >= 0.6 is 0 Å². The normalized spacial score (nSPS) is 23.6. The van der Waals surface area contributed by atoms with Crippen molar-refractivity contribution in [3.8, 4) is 0 Å². The number of hydrogen-bond donors (Lipinski definition) is 0. The molecule has 2 heterocycles. The lowest BCUT2D eigenvalue weighted by Gasteiger charge is -2.22. The van der Waals surface area contributed by atoms with E-state index in [0.29, 0.717) is 18.2 Å². The second kappa shape index (κ2) is 6.41. The van der Waals surface area contributed by atoms with Gasteiger partial charge in [0.1, 0.15) is 0 Å². The molecule has 0 spiro atoms. The first kappa shape index (κ1) is 15.5. The lowest BCUT2D eigenvalue weighted by atomic mass is 10.1. The molecule has 1 unspecified atom stereocenters. The fourth-order valence-corrected chi connectivity index (χ4v) is 3.45. The lowest BCUT2D eigenvalue weighted by molar-refractivity contribution is -0.131. The van der Waals surface area contributed by atoms with E-state index in [9.17, 15) is 4.79 Å². The number of carbonyl (C=O) groups excluding carboxylic acids is 1. The summed E-state index contributed by atoms with van der Waals surface area (Å²) in [5, 5.41) is 4.26. The summed E-state index contributed by atoms with van der Waals surface area (Å²) >= 11 is 0. The molecule has 122 valence electrons. The maximum absolute atomic E-state index is 12.6. The lowest BCUT2D eigenvalue weighted by Crippen LogP contribution is -2.36. The van der Waals surface area contributed by atoms with Crippen LogP contribution in [0.15, 0.2) is 6.20 Å². The third kappa shape index (κ3) is 3.51. The molecular weight excluding hydrogens is 276 g/mol. The first-order valence-corrected chi connectivity index (χ1v) is 8.54. The largest absolute Gasteiger partial charge is 0.341 e. The van der Waals surface area contributed by atoms with Crippen molar-refractivity contribution in [2.45, 2.75) is 45.6 Å². The van der Waals surface area contributed by atoms with Gasteiger partial charge < -0.3 is 4.90 Å². The first-order chi connectivity index (χ1) is 10.5. The van der Waals surface area contributed by atoms with Gasteiger partial charge in [-0.25, -0.2) is 0 Å². The number of hydrogen-bond acceptors (Lipinski definition) is 3. The summed E-state index contributed by atoms with van der Waals surface area (Å²) < 4.78 is 1.88. The van der Waals surface area contributed by atoms with E-state index in [1.165, 1.54) is 18.4 Å². The molecule has 1 aliphatic carbocycles. The average molecular weight is 304 g/mol. The fourth-order valence-electron chi connectivity index (χ4n) is 3.45. The number of rotatable bonds is 4. The molecule has 2 fully saturated rings. The third-order valence-corrected chi connectivity index (χ3v) is 5.10. The molecule has 5 heteroatoms. The maximum Gasteiger partial charge on any atom is 0.222 e. The van der Waals surface area contributed by atoms with Crippen LogP contribution in [0.3, 0.4) is 0 Å². The Labute approximate surface area is 133 Å². The second-order valence-electron chi connectivity index (χ2n) is 7.05. The van der Waals surface area contributed by atoms with Gasteiger partial charge in [0.25, 0.3) is 0 Å². The molecule has 2 aliphatic rings. The van der Waals surface area contributed by atoms with E-state index in [0.717, 1.165) is 44.3 Å². The molecule has 1 aliphatic heterocycles. The van der Waals surface area contributed by atoms with Gasteiger partial charge in [-0.2, -0.15) is 5.10 Å². The van der Waals surface area contributed by atoms with Gasteiger partial charge in [-0.3, -0.25) is 14.4 Å². The van der Waals surface area contributed by atoms with Gasteiger partial charge in [0, 0.05) is 51.4 Å². The van der Waals surface area contributed by atoms with Crippen LogP contribution in [-0.2, 0) is 18.3 Å². The number of nitrogens with zero attached hydrogens (tertiary/aromatic N) is 4. The fraction of sp³-hybridized carbons (Fsp3) is 0.765. The molecule has 1 aromatic heterocycles. The highest BCUT2D eigenvalue weighted by Gasteiger charge is 2.32. The quantitative estimate of drug-likeness (QED) is 0.848. The Morgan fingerprint density at radius 3 is 2.73 bits per heavy atom. The van der Waals surface area contributed by atoms with Gasteiger partial charge in [-0.05, 0) is 37.7 Å². The molecule has 5 nitrogen and oxygen atoms in total. The minimum Gasteiger partial charge on any atom is -0.341 e. The monoisotopic (exact) mass is 304 g/mol. The molecule has 0 N–H and O–H groups in total. The highest BCUT2D eigenvalue weighted by Crippen LogP contribution is 2.28. The van der Waals surface area contributed by atoms with Gasteiger partial charge in [0.05, 0.1) is 6.20 Å². The molecule has 1 aromatic rings. The van der Waals surface area contributed by atoms with E-state index in [4.69, 9.17) is 0 Å². The van der Waals surface area contributed by atoms with Gasteiger partial charge in [-0.15, -0.1) is 0 Å². The maximum atomic E-state index is 12.6. The smallest absolute Gasteiger partial charge is 0.222 e. The average Bonchev–Trinajstić information content (AvgIpc) is 3.29. The van der Waals surface area contributed by atoms with E-state index in [1.54, 1.807) is 0 Å². The van der Waals surface area contributed by atoms with Crippen LogP contribution in [0, 0.1) is 12.8 Å². The van der Waals surface area contributed by atoms with Crippen LogP contribution in [0.2, 0.25) is 0 Å². The standard InChI is InChI=1S/C17H28N4O/c1-13-11-20(16-5-6-16)8-9-21(12-13)17(22)7-4-15-10-18-19(3)14(15)2/h10,13,16H,4-9,11-12H2,1-3H3. The summed E-state index contributed by atoms with van der Waals surface area (Å²) in [6.07, 6.45) is 5.99. The summed E-state index contributed by atoms with van der Waals surface area (Å²) in [5.41, 5.74) is 2.36. The Bertz CT molecular complexity index is 535. The Morgan fingerprint density at radius 1 is 1.32 bits per heavy atom. The van der Waals surface area contributed by atoms with Crippen LogP contribution in [-0.4, -0.2) is 57.7 Å². The van der Waals surface area contributed by atoms with Gasteiger partial charge in [0.2, 0.25) is 5.91 Å². The van der Waals surface area contributed by atoms with E-state index in [1.807, 2.05) is 17.9 Å². The summed E-state index contributed by atoms with van der Waals surface area (Å²) in [5.74, 6) is 0.875. The third-order valence-electron chi connectivity index (χ3n) is 5.10. The summed E-state index contributed by atoms with van der Waals surface area (Å²) in [7, 11) is 1.95. The molecule has 0 aromatic carbocycles. The van der Waals surface area contributed by atoms with Crippen LogP contribution in [0.5, 0.6) is 0 Å². The molecule has 3 rings (SSSR count). The summed E-state index contributed by atoms with van der Waals surface area (Å²) in [6, 6.07) is 0.801. The van der Waals surface area contributed by atoms with Crippen molar-refractivity contribution >= 4 is 5.91 Å². The number of aromatic nitrogens is 2. The van der Waals surface area contributed by atoms with Crippen molar-refractivity contribution < 1.29 is 4.79 Å². The van der Waals surface area contributed by atoms with E-state index < -0.39 is 0 Å². The van der Waals surface area contributed by atoms with E-state index in [2.05, 4.69) is 28.7 Å². The van der Waals surface area contributed by atoms with Crippen molar-refractivity contribution in [1.82, 2.24) is 19.6 Å². The molecule has 1 saturated carbocycles. The zero-order chi connectivity index (χ0) is 15.7. The Balaban J connectivity index is 1.53. The van der Waals surface area contributed by atoms with E-state index in [-0.39, 0.29) is 0 Å². The van der Waals surface area contributed by atoms with Gasteiger partial charge >= 0.3 is 0 Å². The summed E-state index contributed by atoms with van der Waals surface area (Å²) in [6.45, 7) is 8.34. The molecule has 0 bridgehead atoms. The predicted octanol–water partition coefficient (Wildman–Crippen LogP) is 1.60. The predicted molar refractivity (Wildman–Crippen MR) is 86.6 cm³/mol. The van der Waals surface area contributed by atoms with E-state index >= 15 is 0 Å². The van der Waals surface area contributed by atoms with Crippen molar-refractivity contribution in [1.29, 1.82) is 0 Å². The highest BCUT2D eigenvalue weighted by molar-refractivity contribution is 5.76. The molecule has 22 heavy (non-hydrogen) atoms. The van der Waals surface area contributed by atoms with Gasteiger partial charge in [-0.1, -0.05) is 6.92 Å². The molecule has 1 atom stereocenters. The minimum atomic E-state index is 0.299. The first-order valence-electron chi connectivity index (χ1n) is 8.54. The Morgan fingerprint density at radius 2 is 2.09 bits per heavy atom. The zero-order valence-corrected chi connectivity index (χ0v) is 14.1. The molecule has 0 radical (unpaired) electrons. The molecular formula is C17H28N4O. The minimum absolute atomic E-state index is 0.299. The topological polar surface area (TPSA) is 41.4 Å². The summed E-state index contributed by atoms with van der Waals surface area (Å²) in [4.78, 5) is 17.2.